The second-order valence-corrected chi connectivity index (χ2v) is 4.36. The minimum atomic E-state index is -4.88. The average molecular weight is 253 g/mol. The number of hydrogen-bond acceptors (Lipinski definition) is 3. The van der Waals surface area contributed by atoms with E-state index in [9.17, 15) is 21.6 Å². The Labute approximate surface area is 90.1 Å². The maximum absolute atomic E-state index is 11.8. The molecule has 0 aliphatic heterocycles. The van der Waals surface area contributed by atoms with Gasteiger partial charge < -0.3 is 4.74 Å². The molecule has 8 heteroatoms. The number of ether oxygens (including phenoxy) is 1. The van der Waals surface area contributed by atoms with Crippen molar-refractivity contribution in [1.82, 2.24) is 4.72 Å². The van der Waals surface area contributed by atoms with E-state index in [-0.39, 0.29) is 0 Å². The van der Waals surface area contributed by atoms with Crippen LogP contribution in [0.15, 0.2) is 29.2 Å². The highest BCUT2D eigenvalue weighted by Crippen LogP contribution is 2.24. The first-order chi connectivity index (χ1) is 7.24. The summed E-state index contributed by atoms with van der Waals surface area (Å²) in [5.41, 5.74) is 0. The van der Waals surface area contributed by atoms with Crippen LogP contribution >= 0.6 is 0 Å². The van der Waals surface area contributed by atoms with E-state index >= 15 is 0 Å². The van der Waals surface area contributed by atoms with E-state index in [1.807, 2.05) is 0 Å². The van der Waals surface area contributed by atoms with E-state index in [1.54, 1.807) is 0 Å². The van der Waals surface area contributed by atoms with Crippen molar-refractivity contribution in [3.63, 3.8) is 0 Å². The summed E-state index contributed by atoms with van der Waals surface area (Å²) in [6.07, 6.45) is -4.88. The number of benzene rings is 1. The minimum absolute atomic E-state index is 0.420. The smallest absolute Gasteiger partial charge is 0.406 e. The number of nitrogens with one attached hydrogen (secondary N) is 1. The van der Waals surface area contributed by atoms with E-state index in [0.29, 0.717) is 6.07 Å². The van der Waals surface area contributed by atoms with Gasteiger partial charge in [0.15, 0.2) is 0 Å². The highest BCUT2D eigenvalue weighted by atomic mass is 32.2. The van der Waals surface area contributed by atoms with Gasteiger partial charge in [0.2, 0.25) is 10.0 Å². The van der Waals surface area contributed by atoms with Crippen LogP contribution in [0, 0.1) is 7.05 Å². The van der Waals surface area contributed by atoms with Crippen molar-refractivity contribution in [2.24, 2.45) is 0 Å². The summed E-state index contributed by atoms with van der Waals surface area (Å²) in [4.78, 5) is -0.420. The number of rotatable bonds is 3. The van der Waals surface area contributed by atoms with Crippen LogP contribution < -0.4 is 9.46 Å². The predicted molar refractivity (Wildman–Crippen MR) is 47.7 cm³/mol. The molecule has 1 aromatic rings. The topological polar surface area (TPSA) is 55.4 Å². The molecule has 0 unspecified atom stereocenters. The Balaban J connectivity index is 3.06. The number of sulfonamides is 1. The first-order valence-corrected chi connectivity index (χ1v) is 5.31. The molecule has 16 heavy (non-hydrogen) atoms. The molecule has 0 fully saturated rings. The van der Waals surface area contributed by atoms with Crippen molar-refractivity contribution < 1.29 is 26.3 Å². The molecule has 0 heterocycles. The summed E-state index contributed by atoms with van der Waals surface area (Å²) in [6.45, 7) is 0. The lowest BCUT2D eigenvalue weighted by molar-refractivity contribution is -0.274. The average Bonchev–Trinajstić information content (AvgIpc) is 2.15. The van der Waals surface area contributed by atoms with Crippen molar-refractivity contribution >= 4 is 10.0 Å². The fourth-order valence-corrected chi connectivity index (χ4v) is 1.57. The van der Waals surface area contributed by atoms with E-state index < -0.39 is 27.0 Å². The largest absolute Gasteiger partial charge is 0.573 e. The summed E-state index contributed by atoms with van der Waals surface area (Å²) in [6, 6.07) is 3.87. The van der Waals surface area contributed by atoms with Gasteiger partial charge in [-0.2, -0.15) is 0 Å². The van der Waals surface area contributed by atoms with Gasteiger partial charge >= 0.3 is 6.36 Å². The van der Waals surface area contributed by atoms with Crippen LogP contribution in [0.25, 0.3) is 0 Å². The normalized spacial score (nSPS) is 12.5. The Bertz CT molecular complexity index is 470. The van der Waals surface area contributed by atoms with Gasteiger partial charge in [-0.1, -0.05) is 6.07 Å². The highest BCUT2D eigenvalue weighted by Gasteiger charge is 2.31. The third-order valence-electron chi connectivity index (χ3n) is 1.50. The van der Waals surface area contributed by atoms with Gasteiger partial charge in [-0.05, 0) is 12.1 Å². The van der Waals surface area contributed by atoms with Crippen molar-refractivity contribution in [3.8, 4) is 5.75 Å². The van der Waals surface area contributed by atoms with Crippen LogP contribution in [-0.4, -0.2) is 14.8 Å². The maximum Gasteiger partial charge on any atom is 0.573 e. The maximum atomic E-state index is 11.8. The third-order valence-corrected chi connectivity index (χ3v) is 2.69. The van der Waals surface area contributed by atoms with Crippen molar-refractivity contribution in [3.05, 3.63) is 31.3 Å². The molecule has 1 rings (SSSR count). The summed E-state index contributed by atoms with van der Waals surface area (Å²) in [5.74, 6) is -0.635. The predicted octanol–water partition coefficient (Wildman–Crippen LogP) is 1.53. The van der Waals surface area contributed by atoms with Gasteiger partial charge in [-0.25, -0.2) is 13.1 Å². The van der Waals surface area contributed by atoms with Gasteiger partial charge in [0.05, 0.1) is 11.9 Å². The van der Waals surface area contributed by atoms with Gasteiger partial charge in [-0.3, -0.25) is 0 Å². The molecule has 0 bridgehead atoms. The van der Waals surface area contributed by atoms with E-state index in [0.717, 1.165) is 18.2 Å². The molecule has 0 aliphatic carbocycles. The molecule has 0 spiro atoms. The van der Waals surface area contributed by atoms with Crippen LogP contribution in [-0.2, 0) is 10.0 Å². The second-order valence-electron chi connectivity index (χ2n) is 2.64. The van der Waals surface area contributed by atoms with Crippen LogP contribution in [0.3, 0.4) is 0 Å². The lowest BCUT2D eigenvalue weighted by atomic mass is 10.3. The first kappa shape index (κ1) is 12.8. The molecule has 0 aromatic heterocycles. The molecule has 2 radical (unpaired) electrons. The van der Waals surface area contributed by atoms with Crippen molar-refractivity contribution in [2.75, 3.05) is 0 Å². The third kappa shape index (κ3) is 3.38. The lowest BCUT2D eigenvalue weighted by Crippen LogP contribution is -2.19. The Hall–Kier alpha value is -1.28. The fraction of sp³-hybridized carbons (Fsp3) is 0.125. The molecule has 0 saturated carbocycles. The molecule has 0 saturated heterocycles. The monoisotopic (exact) mass is 253 g/mol. The molecular weight excluding hydrogens is 247 g/mol. The van der Waals surface area contributed by atoms with Crippen LogP contribution in [0.2, 0.25) is 0 Å². The fourth-order valence-electron chi connectivity index (χ4n) is 0.907. The standard InChI is InChI=1S/C8H6F3NO3S/c1-12-16(13,14)7-4-2-3-6(5-7)15-8(9,10)11/h1-5,12H. The Morgan fingerprint density at radius 3 is 2.44 bits per heavy atom. The zero-order chi connectivity index (χ0) is 12.4. The van der Waals surface area contributed by atoms with Crippen molar-refractivity contribution in [2.45, 2.75) is 11.3 Å². The van der Waals surface area contributed by atoms with Gasteiger partial charge in [-0.15, -0.1) is 13.2 Å². The zero-order valence-electron chi connectivity index (χ0n) is 7.65. The number of hydrogen-bond donors (Lipinski definition) is 1. The Morgan fingerprint density at radius 2 is 1.94 bits per heavy atom. The number of halogens is 3. The summed E-state index contributed by atoms with van der Waals surface area (Å²) in [7, 11) is 0.719. The van der Waals surface area contributed by atoms with E-state index in [4.69, 9.17) is 7.05 Å². The summed E-state index contributed by atoms with van der Waals surface area (Å²) in [5, 5.41) is 0. The Morgan fingerprint density at radius 1 is 1.31 bits per heavy atom. The number of alkyl halides is 3. The molecule has 4 nitrogen and oxygen atoms in total. The Kier molecular flexibility index (Phi) is 3.44. The van der Waals surface area contributed by atoms with Gasteiger partial charge in [0, 0.05) is 6.07 Å². The quantitative estimate of drug-likeness (QED) is 0.831. The van der Waals surface area contributed by atoms with E-state index in [2.05, 4.69) is 4.74 Å². The highest BCUT2D eigenvalue weighted by molar-refractivity contribution is 7.89. The first-order valence-electron chi connectivity index (χ1n) is 3.83. The van der Waals surface area contributed by atoms with Crippen LogP contribution in [0.5, 0.6) is 5.75 Å². The zero-order valence-corrected chi connectivity index (χ0v) is 8.47. The molecule has 1 aromatic carbocycles. The molecule has 88 valence electrons. The SMILES string of the molecule is [CH]NS(=O)(=O)c1cccc(OC(F)(F)F)c1. The summed E-state index contributed by atoms with van der Waals surface area (Å²) >= 11 is 0. The molecular formula is C8H6F3NO3S. The summed E-state index contributed by atoms with van der Waals surface area (Å²) < 4.78 is 62.8. The van der Waals surface area contributed by atoms with Gasteiger partial charge in [0.25, 0.3) is 0 Å². The molecule has 0 aliphatic rings. The lowest BCUT2D eigenvalue weighted by Gasteiger charge is -2.09. The molecule has 1 N–H and O–H groups in total. The second kappa shape index (κ2) is 4.30. The minimum Gasteiger partial charge on any atom is -0.406 e. The van der Waals surface area contributed by atoms with Crippen LogP contribution in [0.1, 0.15) is 0 Å². The van der Waals surface area contributed by atoms with Crippen LogP contribution in [0.4, 0.5) is 13.2 Å². The van der Waals surface area contributed by atoms with E-state index in [1.165, 1.54) is 4.72 Å². The molecule has 0 atom stereocenters. The van der Waals surface area contributed by atoms with Crippen molar-refractivity contribution in [1.29, 1.82) is 0 Å². The molecule has 0 amide bonds. The van der Waals surface area contributed by atoms with Gasteiger partial charge in [0.1, 0.15) is 5.75 Å².